The second-order valence-corrected chi connectivity index (χ2v) is 12.6. The average molecular weight is 541 g/mol. The second kappa shape index (κ2) is 11.9. The Morgan fingerprint density at radius 2 is 1.69 bits per heavy atom. The van der Waals surface area contributed by atoms with Gasteiger partial charge in [0.2, 0.25) is 23.5 Å². The molecular formula is C30H44N4O5. The van der Waals surface area contributed by atoms with E-state index in [2.05, 4.69) is 29.8 Å². The van der Waals surface area contributed by atoms with Crippen molar-refractivity contribution in [2.24, 2.45) is 28.6 Å². The fourth-order valence-electron chi connectivity index (χ4n) is 5.51. The van der Waals surface area contributed by atoms with E-state index in [1.165, 1.54) is 0 Å². The number of hydrogen-bond donors (Lipinski definition) is 3. The molecule has 9 heteroatoms. The summed E-state index contributed by atoms with van der Waals surface area (Å²) in [5.74, 6) is -2.66. The van der Waals surface area contributed by atoms with Crippen LogP contribution in [-0.2, 0) is 30.5 Å². The maximum absolute atomic E-state index is 13.6. The van der Waals surface area contributed by atoms with E-state index >= 15 is 0 Å². The lowest BCUT2D eigenvalue weighted by Crippen LogP contribution is -2.56. The summed E-state index contributed by atoms with van der Waals surface area (Å²) < 4.78 is 0. The molecule has 1 unspecified atom stereocenters. The summed E-state index contributed by atoms with van der Waals surface area (Å²) in [6.07, 6.45) is 0.836. The van der Waals surface area contributed by atoms with E-state index in [0.29, 0.717) is 19.5 Å². The number of carbonyl (C=O) groups excluding carboxylic acids is 5. The number of hydrogen-bond acceptors (Lipinski definition) is 5. The number of piperidine rings is 1. The zero-order valence-corrected chi connectivity index (χ0v) is 24.3. The van der Waals surface area contributed by atoms with E-state index in [4.69, 9.17) is 0 Å². The molecule has 0 radical (unpaired) electrons. The minimum absolute atomic E-state index is 0.00753. The first kappa shape index (κ1) is 30.3. The van der Waals surface area contributed by atoms with Crippen LogP contribution in [0.3, 0.4) is 0 Å². The lowest BCUT2D eigenvalue weighted by molar-refractivity contribution is -0.146. The van der Waals surface area contributed by atoms with Gasteiger partial charge in [0.05, 0.1) is 12.6 Å². The number of carbonyl (C=O) groups is 5. The summed E-state index contributed by atoms with van der Waals surface area (Å²) in [6.45, 7) is 14.4. The Morgan fingerprint density at radius 1 is 1.05 bits per heavy atom. The largest absolute Gasteiger partial charge is 0.350 e. The Bertz CT molecular complexity index is 1090. The summed E-state index contributed by atoms with van der Waals surface area (Å²) in [4.78, 5) is 66.5. The number of benzene rings is 1. The fourth-order valence-corrected chi connectivity index (χ4v) is 5.51. The van der Waals surface area contributed by atoms with Crippen molar-refractivity contribution < 1.29 is 24.0 Å². The van der Waals surface area contributed by atoms with Crippen molar-refractivity contribution >= 4 is 29.4 Å². The van der Waals surface area contributed by atoms with Crippen molar-refractivity contribution in [3.63, 3.8) is 0 Å². The Kier molecular flexibility index (Phi) is 9.23. The Hall–Kier alpha value is -3.23. The quantitative estimate of drug-likeness (QED) is 0.372. The molecule has 0 bridgehead atoms. The molecular weight excluding hydrogens is 496 g/mol. The molecule has 0 spiro atoms. The number of amides is 4. The van der Waals surface area contributed by atoms with Gasteiger partial charge in [0, 0.05) is 19.0 Å². The van der Waals surface area contributed by atoms with Crippen molar-refractivity contribution in [3.8, 4) is 0 Å². The van der Waals surface area contributed by atoms with Gasteiger partial charge in [-0.05, 0) is 34.7 Å². The highest BCUT2D eigenvalue weighted by Crippen LogP contribution is 2.65. The Balaban J connectivity index is 1.62. The Morgan fingerprint density at radius 3 is 2.28 bits per heavy atom. The standard InChI is InChI=1S/C30H44N4O5/c1-8-12-21(25(36)27(38)32-16-22(35)31-15-19-13-10-9-11-14-19)33-26(37)24-23-20(30(23,6)7)17-34(24)28(39)18(2)29(3,4)5/h9-11,13-14,18,20-21,23-24H,8,12,15-17H2,1-7H3,(H,31,35)(H,32,38)(H,33,37)/t18-,20+,21?,23+,24+/m1/s1. The first-order chi connectivity index (χ1) is 18.2. The van der Waals surface area contributed by atoms with Gasteiger partial charge in [0.1, 0.15) is 6.04 Å². The summed E-state index contributed by atoms with van der Waals surface area (Å²) in [6, 6.07) is 7.62. The van der Waals surface area contributed by atoms with Crippen LogP contribution in [0, 0.1) is 28.6 Å². The molecule has 1 aliphatic carbocycles. The van der Waals surface area contributed by atoms with Crippen LogP contribution in [0.2, 0.25) is 0 Å². The fraction of sp³-hybridized carbons (Fsp3) is 0.633. The van der Waals surface area contributed by atoms with Gasteiger partial charge in [0.15, 0.2) is 0 Å². The number of nitrogens with one attached hydrogen (secondary N) is 3. The van der Waals surface area contributed by atoms with Crippen LogP contribution in [0.4, 0.5) is 0 Å². The normalized spacial score (nSPS) is 22.7. The van der Waals surface area contributed by atoms with E-state index in [1.54, 1.807) is 4.90 Å². The predicted octanol–water partition coefficient (Wildman–Crippen LogP) is 2.44. The van der Waals surface area contributed by atoms with Crippen molar-refractivity contribution in [2.45, 2.75) is 79.9 Å². The van der Waals surface area contributed by atoms with Gasteiger partial charge in [-0.15, -0.1) is 0 Å². The molecule has 39 heavy (non-hydrogen) atoms. The molecule has 3 rings (SSSR count). The molecule has 1 saturated carbocycles. The predicted molar refractivity (Wildman–Crippen MR) is 148 cm³/mol. The lowest BCUT2D eigenvalue weighted by Gasteiger charge is -2.36. The molecule has 9 nitrogen and oxygen atoms in total. The van der Waals surface area contributed by atoms with Gasteiger partial charge in [0.25, 0.3) is 5.91 Å². The minimum Gasteiger partial charge on any atom is -0.350 e. The number of nitrogens with zero attached hydrogens (tertiary/aromatic N) is 1. The van der Waals surface area contributed by atoms with Gasteiger partial charge >= 0.3 is 0 Å². The highest BCUT2D eigenvalue weighted by atomic mass is 16.2. The molecule has 1 aliphatic heterocycles. The van der Waals surface area contributed by atoms with E-state index in [0.717, 1.165) is 5.56 Å². The first-order valence-corrected chi connectivity index (χ1v) is 13.9. The third-order valence-corrected chi connectivity index (χ3v) is 8.61. The Labute approximate surface area is 231 Å². The maximum Gasteiger partial charge on any atom is 0.290 e. The molecule has 2 aliphatic rings. The number of rotatable bonds is 11. The molecule has 1 aromatic rings. The number of ketones is 1. The first-order valence-electron chi connectivity index (χ1n) is 13.9. The molecule has 1 heterocycles. The molecule has 2 fully saturated rings. The van der Waals surface area contributed by atoms with Gasteiger partial charge in [-0.25, -0.2) is 0 Å². The molecule has 1 aromatic carbocycles. The number of likely N-dealkylation sites (tertiary alicyclic amines) is 1. The number of fused-ring (bicyclic) bond motifs is 1. The molecule has 0 aromatic heterocycles. The van der Waals surface area contributed by atoms with E-state index < -0.39 is 35.6 Å². The van der Waals surface area contributed by atoms with Crippen LogP contribution in [0.5, 0.6) is 0 Å². The molecule has 5 atom stereocenters. The maximum atomic E-state index is 13.6. The summed E-state index contributed by atoms with van der Waals surface area (Å²) >= 11 is 0. The van der Waals surface area contributed by atoms with Crippen molar-refractivity contribution in [2.75, 3.05) is 13.1 Å². The minimum atomic E-state index is -1.03. The monoisotopic (exact) mass is 540 g/mol. The van der Waals surface area contributed by atoms with Gasteiger partial charge in [-0.2, -0.15) is 0 Å². The van der Waals surface area contributed by atoms with Gasteiger partial charge < -0.3 is 20.9 Å². The van der Waals surface area contributed by atoms with Gasteiger partial charge in [-0.1, -0.05) is 85.2 Å². The SMILES string of the molecule is CCCC(NC(=O)[C@@H]1[C@@H]2[C@H](CN1C(=O)[C@@H](C)C(C)(C)C)C2(C)C)C(=O)C(=O)NCC(=O)NCc1ccccc1. The van der Waals surface area contributed by atoms with E-state index in [1.807, 2.05) is 65.0 Å². The lowest BCUT2D eigenvalue weighted by atomic mass is 9.81. The smallest absolute Gasteiger partial charge is 0.290 e. The van der Waals surface area contributed by atoms with Gasteiger partial charge in [-0.3, -0.25) is 24.0 Å². The van der Waals surface area contributed by atoms with Crippen LogP contribution < -0.4 is 16.0 Å². The van der Waals surface area contributed by atoms with Crippen LogP contribution in [0.1, 0.15) is 66.9 Å². The van der Waals surface area contributed by atoms with Crippen LogP contribution >= 0.6 is 0 Å². The zero-order valence-electron chi connectivity index (χ0n) is 24.3. The molecule has 4 amide bonds. The second-order valence-electron chi connectivity index (χ2n) is 12.6. The molecule has 214 valence electrons. The topological polar surface area (TPSA) is 125 Å². The van der Waals surface area contributed by atoms with Crippen molar-refractivity contribution in [1.29, 1.82) is 0 Å². The van der Waals surface area contributed by atoms with Crippen molar-refractivity contribution in [1.82, 2.24) is 20.9 Å². The highest BCUT2D eigenvalue weighted by molar-refractivity contribution is 6.38. The van der Waals surface area contributed by atoms with E-state index in [-0.39, 0.29) is 47.5 Å². The average Bonchev–Trinajstić information content (AvgIpc) is 3.21. The van der Waals surface area contributed by atoms with E-state index in [9.17, 15) is 24.0 Å². The summed E-state index contributed by atoms with van der Waals surface area (Å²) in [5.41, 5.74) is 0.585. The third kappa shape index (κ3) is 6.86. The number of Topliss-reactive ketones (excluding diaryl/α,β-unsaturated/α-hetero) is 1. The zero-order chi connectivity index (χ0) is 29.1. The van der Waals surface area contributed by atoms with Crippen LogP contribution in [0.25, 0.3) is 0 Å². The highest BCUT2D eigenvalue weighted by Gasteiger charge is 2.69. The summed E-state index contributed by atoms with van der Waals surface area (Å²) in [5, 5.41) is 7.86. The van der Waals surface area contributed by atoms with Crippen LogP contribution in [-0.4, -0.2) is 59.5 Å². The molecule has 1 saturated heterocycles. The van der Waals surface area contributed by atoms with Crippen LogP contribution in [0.15, 0.2) is 30.3 Å². The molecule has 3 N–H and O–H groups in total. The summed E-state index contributed by atoms with van der Waals surface area (Å²) in [7, 11) is 0. The third-order valence-electron chi connectivity index (χ3n) is 8.61. The van der Waals surface area contributed by atoms with Crippen molar-refractivity contribution in [3.05, 3.63) is 35.9 Å².